The third-order valence-electron chi connectivity index (χ3n) is 1.74. The molecule has 2 heterocycles. The van der Waals surface area contributed by atoms with Gasteiger partial charge in [-0.15, -0.1) is 5.10 Å². The summed E-state index contributed by atoms with van der Waals surface area (Å²) in [5.74, 6) is 0.873. The van der Waals surface area contributed by atoms with Crippen molar-refractivity contribution < 1.29 is 0 Å². The lowest BCUT2D eigenvalue weighted by molar-refractivity contribution is 0.986. The number of hydrogen-bond acceptors (Lipinski definition) is 5. The molecular formula is C9H10N4S. The molecule has 0 saturated heterocycles. The second-order valence-electron chi connectivity index (χ2n) is 2.91. The molecule has 5 heteroatoms. The molecule has 2 aromatic heterocycles. The number of nitrogens with zero attached hydrogens (tertiary/aromatic N) is 3. The minimum atomic E-state index is 0.674. The number of pyridine rings is 1. The first-order chi connectivity index (χ1) is 6.84. The van der Waals surface area contributed by atoms with Crippen molar-refractivity contribution in [3.63, 3.8) is 0 Å². The van der Waals surface area contributed by atoms with E-state index in [2.05, 4.69) is 19.9 Å². The molecule has 0 fully saturated rings. The average molecular weight is 206 g/mol. The van der Waals surface area contributed by atoms with Crippen molar-refractivity contribution in [1.29, 1.82) is 0 Å². The van der Waals surface area contributed by atoms with Crippen LogP contribution in [-0.2, 0) is 6.54 Å². The molecule has 0 aliphatic carbocycles. The normalized spacial score (nSPS) is 10.1. The molecule has 0 unspecified atom stereocenters. The average Bonchev–Trinajstić information content (AvgIpc) is 2.67. The van der Waals surface area contributed by atoms with Crippen molar-refractivity contribution in [3.05, 3.63) is 35.0 Å². The van der Waals surface area contributed by atoms with Crippen LogP contribution in [0.5, 0.6) is 0 Å². The van der Waals surface area contributed by atoms with E-state index in [1.807, 2.05) is 30.5 Å². The fourth-order valence-electron chi connectivity index (χ4n) is 1.08. The molecule has 0 bridgehead atoms. The van der Waals surface area contributed by atoms with Crippen molar-refractivity contribution in [3.8, 4) is 0 Å². The molecule has 14 heavy (non-hydrogen) atoms. The minimum absolute atomic E-state index is 0.674. The molecule has 1 N–H and O–H groups in total. The maximum atomic E-state index is 4.32. The molecule has 72 valence electrons. The maximum absolute atomic E-state index is 4.32. The maximum Gasteiger partial charge on any atom is 0.126 e. The van der Waals surface area contributed by atoms with Crippen molar-refractivity contribution in [1.82, 2.24) is 14.6 Å². The number of aryl methyl sites for hydroxylation is 1. The largest absolute Gasteiger partial charge is 0.364 e. The number of aromatic nitrogens is 3. The molecule has 0 atom stereocenters. The number of hydrogen-bond donors (Lipinski definition) is 1. The van der Waals surface area contributed by atoms with E-state index in [-0.39, 0.29) is 0 Å². The van der Waals surface area contributed by atoms with Gasteiger partial charge >= 0.3 is 0 Å². The summed E-state index contributed by atoms with van der Waals surface area (Å²) in [7, 11) is 0. The zero-order valence-electron chi connectivity index (χ0n) is 7.77. The number of rotatable bonds is 3. The van der Waals surface area contributed by atoms with Crippen LogP contribution in [0.25, 0.3) is 0 Å². The van der Waals surface area contributed by atoms with Gasteiger partial charge < -0.3 is 5.32 Å². The van der Waals surface area contributed by atoms with Gasteiger partial charge in [0.25, 0.3) is 0 Å². The summed E-state index contributed by atoms with van der Waals surface area (Å²) < 4.78 is 3.78. The Morgan fingerprint density at radius 1 is 1.43 bits per heavy atom. The van der Waals surface area contributed by atoms with Gasteiger partial charge in [0, 0.05) is 11.1 Å². The van der Waals surface area contributed by atoms with Crippen LogP contribution in [0.4, 0.5) is 5.82 Å². The van der Waals surface area contributed by atoms with Gasteiger partial charge in [0.2, 0.25) is 0 Å². The van der Waals surface area contributed by atoms with Gasteiger partial charge in [0.1, 0.15) is 5.82 Å². The van der Waals surface area contributed by atoms with Crippen LogP contribution in [-0.4, -0.2) is 14.6 Å². The number of anilines is 1. The Bertz CT molecular complexity index is 399. The third-order valence-corrected chi connectivity index (χ3v) is 2.30. The summed E-state index contributed by atoms with van der Waals surface area (Å²) in [5.41, 5.74) is 1.95. The van der Waals surface area contributed by atoms with E-state index in [4.69, 9.17) is 0 Å². The van der Waals surface area contributed by atoms with Crippen molar-refractivity contribution in [2.24, 2.45) is 0 Å². The molecule has 0 saturated carbocycles. The second-order valence-corrected chi connectivity index (χ2v) is 3.52. The summed E-state index contributed by atoms with van der Waals surface area (Å²) in [6.45, 7) is 2.64. The van der Waals surface area contributed by atoms with Crippen LogP contribution in [0.15, 0.2) is 23.6 Å². The highest BCUT2D eigenvalue weighted by Gasteiger charge is 1.97. The van der Waals surface area contributed by atoms with E-state index in [0.717, 1.165) is 17.2 Å². The fraction of sp³-hybridized carbons (Fsp3) is 0.222. The van der Waals surface area contributed by atoms with Gasteiger partial charge in [0.15, 0.2) is 0 Å². The summed E-state index contributed by atoms with van der Waals surface area (Å²) in [6, 6.07) is 5.88. The van der Waals surface area contributed by atoms with Gasteiger partial charge in [-0.2, -0.15) is 0 Å². The molecule has 0 spiro atoms. The zero-order chi connectivity index (χ0) is 9.80. The highest BCUT2D eigenvalue weighted by atomic mass is 32.1. The van der Waals surface area contributed by atoms with Crippen LogP contribution in [0, 0.1) is 6.92 Å². The molecular weight excluding hydrogens is 196 g/mol. The smallest absolute Gasteiger partial charge is 0.126 e. The molecule has 0 aliphatic heterocycles. The summed E-state index contributed by atoms with van der Waals surface area (Å²) in [5, 5.41) is 9.03. The van der Waals surface area contributed by atoms with Gasteiger partial charge in [-0.1, -0.05) is 10.6 Å². The molecule has 4 nitrogen and oxygen atoms in total. The molecule has 2 aromatic rings. The molecule has 0 aromatic carbocycles. The van der Waals surface area contributed by atoms with E-state index >= 15 is 0 Å². The lowest BCUT2D eigenvalue weighted by atomic mass is 10.3. The Hall–Kier alpha value is -1.49. The Morgan fingerprint density at radius 2 is 2.36 bits per heavy atom. The molecule has 0 radical (unpaired) electrons. The first-order valence-corrected chi connectivity index (χ1v) is 5.12. The van der Waals surface area contributed by atoms with E-state index < -0.39 is 0 Å². The van der Waals surface area contributed by atoms with Crippen molar-refractivity contribution in [2.75, 3.05) is 5.32 Å². The monoisotopic (exact) mass is 206 g/mol. The standard InChI is InChI=1S/C9H10N4S/c1-7-3-2-4-9(11-7)10-5-8-6-14-13-12-8/h2-4,6H,5H2,1H3,(H,10,11). The van der Waals surface area contributed by atoms with E-state index in [1.54, 1.807) is 0 Å². The summed E-state index contributed by atoms with van der Waals surface area (Å²) in [4.78, 5) is 4.32. The van der Waals surface area contributed by atoms with Crippen LogP contribution < -0.4 is 5.32 Å². The predicted molar refractivity (Wildman–Crippen MR) is 56.2 cm³/mol. The van der Waals surface area contributed by atoms with Crippen LogP contribution >= 0.6 is 11.5 Å². The second kappa shape index (κ2) is 4.15. The Kier molecular flexibility index (Phi) is 2.69. The number of nitrogens with one attached hydrogen (secondary N) is 1. The first-order valence-electron chi connectivity index (χ1n) is 4.28. The van der Waals surface area contributed by atoms with Gasteiger partial charge in [-0.3, -0.25) is 0 Å². The quantitative estimate of drug-likeness (QED) is 0.832. The van der Waals surface area contributed by atoms with Crippen LogP contribution in [0.2, 0.25) is 0 Å². The van der Waals surface area contributed by atoms with Gasteiger partial charge in [-0.25, -0.2) is 4.98 Å². The summed E-state index contributed by atoms with van der Waals surface area (Å²) >= 11 is 1.36. The molecule has 2 rings (SSSR count). The lowest BCUT2D eigenvalue weighted by Crippen LogP contribution is -2.01. The summed E-state index contributed by atoms with van der Waals surface area (Å²) in [6.07, 6.45) is 0. The minimum Gasteiger partial charge on any atom is -0.364 e. The van der Waals surface area contributed by atoms with Gasteiger partial charge in [-0.05, 0) is 30.6 Å². The van der Waals surface area contributed by atoms with Crippen molar-refractivity contribution in [2.45, 2.75) is 13.5 Å². The van der Waals surface area contributed by atoms with Crippen molar-refractivity contribution >= 4 is 17.4 Å². The van der Waals surface area contributed by atoms with Crippen LogP contribution in [0.3, 0.4) is 0 Å². The fourth-order valence-corrected chi connectivity index (χ4v) is 1.53. The lowest BCUT2D eigenvalue weighted by Gasteiger charge is -2.02. The van der Waals surface area contributed by atoms with Crippen LogP contribution in [0.1, 0.15) is 11.4 Å². The first kappa shape index (κ1) is 9.08. The molecule has 0 amide bonds. The van der Waals surface area contributed by atoms with Gasteiger partial charge in [0.05, 0.1) is 12.2 Å². The van der Waals surface area contributed by atoms with E-state index in [1.165, 1.54) is 11.5 Å². The highest BCUT2D eigenvalue weighted by Crippen LogP contribution is 2.06. The van der Waals surface area contributed by atoms with E-state index in [9.17, 15) is 0 Å². The molecule has 0 aliphatic rings. The SMILES string of the molecule is Cc1cccc(NCc2csnn2)n1. The topological polar surface area (TPSA) is 50.7 Å². The predicted octanol–water partition coefficient (Wildman–Crippen LogP) is 1.85. The Labute approximate surface area is 86.2 Å². The Balaban J connectivity index is 1.98. The third kappa shape index (κ3) is 2.26. The van der Waals surface area contributed by atoms with E-state index in [0.29, 0.717) is 6.54 Å². The zero-order valence-corrected chi connectivity index (χ0v) is 8.58. The Morgan fingerprint density at radius 3 is 3.07 bits per heavy atom. The highest BCUT2D eigenvalue weighted by molar-refractivity contribution is 7.03.